The summed E-state index contributed by atoms with van der Waals surface area (Å²) in [4.78, 5) is 25.9. The Hall–Kier alpha value is -1.91. The Labute approximate surface area is 143 Å². The number of carbonyl (C=O) groups is 2. The predicted molar refractivity (Wildman–Crippen MR) is 91.9 cm³/mol. The van der Waals surface area contributed by atoms with Gasteiger partial charge in [-0.05, 0) is 42.9 Å². The molecule has 0 aromatic heterocycles. The lowest BCUT2D eigenvalue weighted by Gasteiger charge is -2.32. The first-order valence-electron chi connectivity index (χ1n) is 8.75. The zero-order valence-corrected chi connectivity index (χ0v) is 14.6. The molecule has 0 atom stereocenters. The number of carbonyl (C=O) groups excluding carboxylic acids is 2. The van der Waals surface area contributed by atoms with E-state index in [2.05, 4.69) is 5.32 Å². The van der Waals surface area contributed by atoms with Crippen molar-refractivity contribution in [2.75, 3.05) is 13.1 Å². The van der Waals surface area contributed by atoms with E-state index in [0.29, 0.717) is 38.3 Å². The molecule has 0 aliphatic carbocycles. The maximum Gasteiger partial charge on any atom is 0.222 e. The van der Waals surface area contributed by atoms with Crippen molar-refractivity contribution < 1.29 is 14.0 Å². The van der Waals surface area contributed by atoms with Crippen LogP contribution in [-0.2, 0) is 16.0 Å². The van der Waals surface area contributed by atoms with Crippen LogP contribution in [0.25, 0.3) is 0 Å². The van der Waals surface area contributed by atoms with Gasteiger partial charge in [0.1, 0.15) is 5.82 Å². The second kappa shape index (κ2) is 8.81. The van der Waals surface area contributed by atoms with Gasteiger partial charge in [-0.15, -0.1) is 0 Å². The van der Waals surface area contributed by atoms with Crippen LogP contribution >= 0.6 is 0 Å². The van der Waals surface area contributed by atoms with Crippen LogP contribution in [0.3, 0.4) is 0 Å². The molecule has 132 valence electrons. The fraction of sp³-hybridized carbons (Fsp3) is 0.579. The standard InChI is InChI=1S/C19H27FN2O2/c1-14(2)13-18(23)21-17-9-11-22(12-10-17)19(24)8-5-15-3-6-16(20)7-4-15/h3-4,6-7,14,17H,5,8-13H2,1-2H3,(H,21,23). The Morgan fingerprint density at radius 1 is 1.21 bits per heavy atom. The number of hydrogen-bond donors (Lipinski definition) is 1. The molecule has 1 aromatic rings. The largest absolute Gasteiger partial charge is 0.353 e. The molecule has 0 radical (unpaired) electrons. The SMILES string of the molecule is CC(C)CC(=O)NC1CCN(C(=O)CCc2ccc(F)cc2)CC1. The van der Waals surface area contributed by atoms with Crippen molar-refractivity contribution in [3.05, 3.63) is 35.6 Å². The number of benzene rings is 1. The average molecular weight is 334 g/mol. The van der Waals surface area contributed by atoms with E-state index in [0.717, 1.165) is 18.4 Å². The van der Waals surface area contributed by atoms with Crippen LogP contribution in [0.15, 0.2) is 24.3 Å². The molecular weight excluding hydrogens is 307 g/mol. The molecule has 1 fully saturated rings. The van der Waals surface area contributed by atoms with Gasteiger partial charge in [-0.25, -0.2) is 4.39 Å². The van der Waals surface area contributed by atoms with E-state index in [-0.39, 0.29) is 23.7 Å². The van der Waals surface area contributed by atoms with Crippen molar-refractivity contribution in [1.82, 2.24) is 10.2 Å². The van der Waals surface area contributed by atoms with E-state index in [1.165, 1.54) is 12.1 Å². The summed E-state index contributed by atoms with van der Waals surface area (Å²) in [5, 5.41) is 3.06. The minimum Gasteiger partial charge on any atom is -0.353 e. The normalized spacial score (nSPS) is 15.6. The van der Waals surface area contributed by atoms with Crippen LogP contribution in [0.5, 0.6) is 0 Å². The minimum atomic E-state index is -0.258. The first-order chi connectivity index (χ1) is 11.4. The van der Waals surface area contributed by atoms with E-state index in [4.69, 9.17) is 0 Å². The van der Waals surface area contributed by atoms with Gasteiger partial charge in [-0.2, -0.15) is 0 Å². The molecule has 0 spiro atoms. The molecule has 24 heavy (non-hydrogen) atoms. The molecule has 1 N–H and O–H groups in total. The third kappa shape index (κ3) is 5.95. The fourth-order valence-electron chi connectivity index (χ4n) is 2.99. The van der Waals surface area contributed by atoms with E-state index in [1.54, 1.807) is 12.1 Å². The maximum absolute atomic E-state index is 12.9. The van der Waals surface area contributed by atoms with Crippen molar-refractivity contribution in [1.29, 1.82) is 0 Å². The Morgan fingerprint density at radius 2 is 1.83 bits per heavy atom. The molecule has 5 heteroatoms. The maximum atomic E-state index is 12.9. The highest BCUT2D eigenvalue weighted by Crippen LogP contribution is 2.14. The molecule has 0 bridgehead atoms. The first kappa shape index (κ1) is 18.4. The quantitative estimate of drug-likeness (QED) is 0.869. The summed E-state index contributed by atoms with van der Waals surface area (Å²) in [5.74, 6) is 0.335. The molecular formula is C19H27FN2O2. The number of nitrogens with one attached hydrogen (secondary N) is 1. The van der Waals surface area contributed by atoms with E-state index in [1.807, 2.05) is 18.7 Å². The molecule has 0 unspecified atom stereocenters. The number of rotatable bonds is 6. The van der Waals surface area contributed by atoms with Crippen LogP contribution in [-0.4, -0.2) is 35.8 Å². The lowest BCUT2D eigenvalue weighted by atomic mass is 10.0. The summed E-state index contributed by atoms with van der Waals surface area (Å²) in [6, 6.07) is 6.46. The number of amides is 2. The number of hydrogen-bond acceptors (Lipinski definition) is 2. The van der Waals surface area contributed by atoms with Gasteiger partial charge in [0.2, 0.25) is 11.8 Å². The number of halogens is 1. The Balaban J connectivity index is 1.70. The molecule has 1 saturated heterocycles. The summed E-state index contributed by atoms with van der Waals surface area (Å²) in [7, 11) is 0. The zero-order chi connectivity index (χ0) is 17.5. The van der Waals surface area contributed by atoms with Gasteiger partial charge in [0.15, 0.2) is 0 Å². The lowest BCUT2D eigenvalue weighted by Crippen LogP contribution is -2.46. The van der Waals surface area contributed by atoms with Crippen molar-refractivity contribution in [3.8, 4) is 0 Å². The molecule has 0 saturated carbocycles. The van der Waals surface area contributed by atoms with E-state index < -0.39 is 0 Å². The number of likely N-dealkylation sites (tertiary alicyclic amines) is 1. The van der Waals surface area contributed by atoms with Gasteiger partial charge < -0.3 is 10.2 Å². The fourth-order valence-corrected chi connectivity index (χ4v) is 2.99. The second-order valence-electron chi connectivity index (χ2n) is 6.95. The number of nitrogens with zero attached hydrogens (tertiary/aromatic N) is 1. The summed E-state index contributed by atoms with van der Waals surface area (Å²) in [5.41, 5.74) is 0.973. The highest BCUT2D eigenvalue weighted by atomic mass is 19.1. The highest BCUT2D eigenvalue weighted by molar-refractivity contribution is 5.77. The Morgan fingerprint density at radius 3 is 2.42 bits per heavy atom. The molecule has 1 aliphatic heterocycles. The van der Waals surface area contributed by atoms with Crippen LogP contribution in [0.2, 0.25) is 0 Å². The molecule has 2 amide bonds. The summed E-state index contributed by atoms with van der Waals surface area (Å²) < 4.78 is 12.9. The van der Waals surface area contributed by atoms with Crippen LogP contribution < -0.4 is 5.32 Å². The lowest BCUT2D eigenvalue weighted by molar-refractivity contribution is -0.132. The van der Waals surface area contributed by atoms with Crippen molar-refractivity contribution >= 4 is 11.8 Å². The summed E-state index contributed by atoms with van der Waals surface area (Å²) >= 11 is 0. The van der Waals surface area contributed by atoms with Crippen LogP contribution in [0, 0.1) is 11.7 Å². The van der Waals surface area contributed by atoms with Crippen molar-refractivity contribution in [2.45, 2.75) is 52.0 Å². The Kier molecular flexibility index (Phi) is 6.76. The second-order valence-corrected chi connectivity index (χ2v) is 6.95. The Bertz CT molecular complexity index is 549. The van der Waals surface area contributed by atoms with Gasteiger partial charge in [0.25, 0.3) is 0 Å². The third-order valence-electron chi connectivity index (χ3n) is 4.35. The molecule has 4 nitrogen and oxygen atoms in total. The minimum absolute atomic E-state index is 0.103. The van der Waals surface area contributed by atoms with Gasteiger partial charge >= 0.3 is 0 Å². The van der Waals surface area contributed by atoms with E-state index in [9.17, 15) is 14.0 Å². The smallest absolute Gasteiger partial charge is 0.222 e. The van der Waals surface area contributed by atoms with Gasteiger partial charge in [0, 0.05) is 32.0 Å². The van der Waals surface area contributed by atoms with Gasteiger partial charge in [-0.1, -0.05) is 26.0 Å². The van der Waals surface area contributed by atoms with Crippen molar-refractivity contribution in [3.63, 3.8) is 0 Å². The molecule has 2 rings (SSSR count). The van der Waals surface area contributed by atoms with Gasteiger partial charge in [0.05, 0.1) is 0 Å². The zero-order valence-electron chi connectivity index (χ0n) is 14.6. The van der Waals surface area contributed by atoms with E-state index >= 15 is 0 Å². The summed E-state index contributed by atoms with van der Waals surface area (Å²) in [6.07, 6.45) is 3.25. The van der Waals surface area contributed by atoms with Gasteiger partial charge in [-0.3, -0.25) is 9.59 Å². The molecule has 1 heterocycles. The monoisotopic (exact) mass is 334 g/mol. The predicted octanol–water partition coefficient (Wildman–Crippen LogP) is 2.91. The number of piperidine rings is 1. The first-order valence-corrected chi connectivity index (χ1v) is 8.75. The highest BCUT2D eigenvalue weighted by Gasteiger charge is 2.23. The third-order valence-corrected chi connectivity index (χ3v) is 4.35. The van der Waals surface area contributed by atoms with Crippen LogP contribution in [0.1, 0.15) is 45.1 Å². The topological polar surface area (TPSA) is 49.4 Å². The van der Waals surface area contributed by atoms with Crippen molar-refractivity contribution in [2.24, 2.45) is 5.92 Å². The van der Waals surface area contributed by atoms with Crippen LogP contribution in [0.4, 0.5) is 4.39 Å². The molecule has 1 aliphatic rings. The molecule has 1 aromatic carbocycles. The average Bonchev–Trinajstić information content (AvgIpc) is 2.54. The summed E-state index contributed by atoms with van der Waals surface area (Å²) in [6.45, 7) is 5.44. The number of aryl methyl sites for hydroxylation is 1.